The van der Waals surface area contributed by atoms with Crippen molar-refractivity contribution < 1.29 is 19.2 Å². The molecular weight excluding hydrogens is 420 g/mol. The van der Waals surface area contributed by atoms with Gasteiger partial charge in [0.05, 0.1) is 17.2 Å². The van der Waals surface area contributed by atoms with Crippen LogP contribution in [0.1, 0.15) is 5.56 Å². The van der Waals surface area contributed by atoms with E-state index in [2.05, 4.69) is 10.3 Å². The van der Waals surface area contributed by atoms with Crippen LogP contribution >= 0.6 is 11.3 Å². The van der Waals surface area contributed by atoms with E-state index >= 15 is 0 Å². The molecule has 160 valence electrons. The zero-order chi connectivity index (χ0) is 21.8. The molecule has 2 aromatic carbocycles. The Bertz CT molecular complexity index is 1120. The molecule has 31 heavy (non-hydrogen) atoms. The van der Waals surface area contributed by atoms with E-state index in [1.165, 1.54) is 23.5 Å². The highest BCUT2D eigenvalue weighted by atomic mass is 32.1. The Morgan fingerprint density at radius 3 is 2.84 bits per heavy atom. The molecule has 0 saturated heterocycles. The van der Waals surface area contributed by atoms with Crippen LogP contribution in [0.15, 0.2) is 47.8 Å². The van der Waals surface area contributed by atoms with Crippen LogP contribution in [-0.2, 0) is 11.3 Å². The number of carbonyl (C=O) groups excluding carboxylic acids is 1. The van der Waals surface area contributed by atoms with Gasteiger partial charge in [0.25, 0.3) is 5.69 Å². The summed E-state index contributed by atoms with van der Waals surface area (Å²) in [6, 6.07) is 12.0. The number of carbonyl (C=O) groups is 1. The number of likely N-dealkylation sites (N-methyl/N-ethyl adjacent to an activating group) is 1. The second kappa shape index (κ2) is 9.11. The lowest BCUT2D eigenvalue weighted by Gasteiger charge is -2.20. The number of hydrogen-bond donors (Lipinski definition) is 1. The van der Waals surface area contributed by atoms with Gasteiger partial charge in [-0.15, -0.1) is 11.3 Å². The number of ether oxygens (including phenoxy) is 2. The fourth-order valence-electron chi connectivity index (χ4n) is 3.20. The summed E-state index contributed by atoms with van der Waals surface area (Å²) in [6.07, 6.45) is 0. The van der Waals surface area contributed by atoms with Crippen molar-refractivity contribution in [2.75, 3.05) is 32.1 Å². The number of aromatic nitrogens is 1. The Labute approximate surface area is 182 Å². The Balaban J connectivity index is 1.34. The van der Waals surface area contributed by atoms with E-state index in [0.717, 1.165) is 17.1 Å². The number of anilines is 1. The number of hydrogen-bond acceptors (Lipinski definition) is 8. The first-order valence-electron chi connectivity index (χ1n) is 9.55. The van der Waals surface area contributed by atoms with Crippen molar-refractivity contribution >= 4 is 28.1 Å². The average Bonchev–Trinajstić information content (AvgIpc) is 3.22. The third kappa shape index (κ3) is 5.16. The number of benzene rings is 2. The number of nitrogens with one attached hydrogen (secondary N) is 1. The highest BCUT2D eigenvalue weighted by molar-refractivity contribution is 7.14. The first-order valence-corrected chi connectivity index (χ1v) is 10.4. The normalized spacial score (nSPS) is 12.6. The van der Waals surface area contributed by atoms with Gasteiger partial charge in [-0.05, 0) is 24.7 Å². The summed E-state index contributed by atoms with van der Waals surface area (Å²) >= 11 is 1.27. The fourth-order valence-corrected chi connectivity index (χ4v) is 3.94. The average molecular weight is 440 g/mol. The largest absolute Gasteiger partial charge is 0.486 e. The number of fused-ring (bicyclic) bond motifs is 1. The monoisotopic (exact) mass is 440 g/mol. The van der Waals surface area contributed by atoms with Gasteiger partial charge < -0.3 is 14.8 Å². The summed E-state index contributed by atoms with van der Waals surface area (Å²) in [6.45, 7) is 1.83. The summed E-state index contributed by atoms with van der Waals surface area (Å²) in [7, 11) is 1.85. The van der Waals surface area contributed by atoms with Gasteiger partial charge >= 0.3 is 0 Å². The maximum absolute atomic E-state index is 12.4. The SMILES string of the molecule is CN(CC(=O)Nc1nc(-c2cccc([N+](=O)[O-])c2)cs1)Cc1ccc2c(c1)OCCO2. The van der Waals surface area contributed by atoms with Crippen molar-refractivity contribution in [3.63, 3.8) is 0 Å². The number of thiazole rings is 1. The number of nitrogens with zero attached hydrogens (tertiary/aromatic N) is 3. The van der Waals surface area contributed by atoms with Crippen molar-refractivity contribution in [2.24, 2.45) is 0 Å². The third-order valence-electron chi connectivity index (χ3n) is 4.58. The molecule has 0 unspecified atom stereocenters. The lowest BCUT2D eigenvalue weighted by molar-refractivity contribution is -0.384. The second-order valence-corrected chi connectivity index (χ2v) is 7.90. The maximum atomic E-state index is 12.4. The predicted molar refractivity (Wildman–Crippen MR) is 117 cm³/mol. The van der Waals surface area contributed by atoms with Crippen LogP contribution in [-0.4, -0.2) is 47.5 Å². The van der Waals surface area contributed by atoms with E-state index in [0.29, 0.717) is 36.1 Å². The summed E-state index contributed by atoms with van der Waals surface area (Å²) < 4.78 is 11.1. The van der Waals surface area contributed by atoms with Gasteiger partial charge in [0.1, 0.15) is 13.2 Å². The van der Waals surface area contributed by atoms with Crippen LogP contribution in [0.4, 0.5) is 10.8 Å². The molecular formula is C21H20N4O5S. The van der Waals surface area contributed by atoms with Gasteiger partial charge in [0.2, 0.25) is 5.91 Å². The molecule has 0 atom stereocenters. The van der Waals surface area contributed by atoms with Crippen molar-refractivity contribution in [1.29, 1.82) is 0 Å². The summed E-state index contributed by atoms with van der Waals surface area (Å²) in [5.74, 6) is 1.26. The molecule has 0 spiro atoms. The third-order valence-corrected chi connectivity index (χ3v) is 5.33. The van der Waals surface area contributed by atoms with Crippen molar-refractivity contribution in [1.82, 2.24) is 9.88 Å². The smallest absolute Gasteiger partial charge is 0.270 e. The molecule has 3 aromatic rings. The number of amides is 1. The van der Waals surface area contributed by atoms with Crippen LogP contribution in [0.3, 0.4) is 0 Å². The van der Waals surface area contributed by atoms with Crippen LogP contribution in [0.5, 0.6) is 11.5 Å². The number of nitro groups is 1. The van der Waals surface area contributed by atoms with E-state index in [1.54, 1.807) is 17.5 Å². The molecule has 1 aliphatic heterocycles. The Kier molecular flexibility index (Phi) is 6.10. The van der Waals surface area contributed by atoms with Crippen LogP contribution in [0, 0.1) is 10.1 Å². The molecule has 0 radical (unpaired) electrons. The topological polar surface area (TPSA) is 107 Å². The van der Waals surface area contributed by atoms with Gasteiger partial charge in [-0.3, -0.25) is 19.8 Å². The van der Waals surface area contributed by atoms with Gasteiger partial charge in [0, 0.05) is 29.6 Å². The number of nitro benzene ring substituents is 1. The molecule has 2 heterocycles. The molecule has 4 rings (SSSR count). The Morgan fingerprint density at radius 1 is 1.23 bits per heavy atom. The molecule has 1 aromatic heterocycles. The zero-order valence-electron chi connectivity index (χ0n) is 16.7. The van der Waals surface area contributed by atoms with Gasteiger partial charge in [-0.2, -0.15) is 0 Å². The lowest BCUT2D eigenvalue weighted by Crippen LogP contribution is -2.29. The summed E-state index contributed by atoms with van der Waals surface area (Å²) in [5.41, 5.74) is 2.22. The van der Waals surface area contributed by atoms with Crippen molar-refractivity contribution in [2.45, 2.75) is 6.54 Å². The molecule has 1 N–H and O–H groups in total. The predicted octanol–water partition coefficient (Wildman–Crippen LogP) is 3.56. The van der Waals surface area contributed by atoms with E-state index < -0.39 is 4.92 Å². The van der Waals surface area contributed by atoms with E-state index in [9.17, 15) is 14.9 Å². The molecule has 10 heteroatoms. The minimum atomic E-state index is -0.448. The highest BCUT2D eigenvalue weighted by Gasteiger charge is 2.15. The van der Waals surface area contributed by atoms with Gasteiger partial charge in [0.15, 0.2) is 16.6 Å². The molecule has 0 bridgehead atoms. The minimum Gasteiger partial charge on any atom is -0.486 e. The van der Waals surface area contributed by atoms with Crippen molar-refractivity contribution in [3.8, 4) is 22.8 Å². The Morgan fingerprint density at radius 2 is 2.03 bits per heavy atom. The summed E-state index contributed by atoms with van der Waals surface area (Å²) in [4.78, 5) is 29.2. The number of non-ortho nitro benzene ring substituents is 1. The second-order valence-electron chi connectivity index (χ2n) is 7.04. The van der Waals surface area contributed by atoms with E-state index in [1.807, 2.05) is 30.1 Å². The fraction of sp³-hybridized carbons (Fsp3) is 0.238. The molecule has 9 nitrogen and oxygen atoms in total. The quantitative estimate of drug-likeness (QED) is 0.442. The van der Waals surface area contributed by atoms with Crippen LogP contribution < -0.4 is 14.8 Å². The Hall–Kier alpha value is -3.50. The first-order chi connectivity index (χ1) is 15.0. The molecule has 0 fully saturated rings. The highest BCUT2D eigenvalue weighted by Crippen LogP contribution is 2.31. The van der Waals surface area contributed by atoms with E-state index in [-0.39, 0.29) is 18.1 Å². The van der Waals surface area contributed by atoms with E-state index in [4.69, 9.17) is 9.47 Å². The standard InChI is InChI=1S/C21H20N4O5S/c1-24(11-14-5-6-18-19(9-14)30-8-7-29-18)12-20(26)23-21-22-17(13-31-21)15-3-2-4-16(10-15)25(27)28/h2-6,9-10,13H,7-8,11-12H2,1H3,(H,22,23,26). The zero-order valence-corrected chi connectivity index (χ0v) is 17.6. The first kappa shape index (κ1) is 20.8. The van der Waals surface area contributed by atoms with Gasteiger partial charge in [-0.25, -0.2) is 4.98 Å². The molecule has 0 saturated carbocycles. The van der Waals surface area contributed by atoms with Gasteiger partial charge in [-0.1, -0.05) is 18.2 Å². The lowest BCUT2D eigenvalue weighted by atomic mass is 10.1. The van der Waals surface area contributed by atoms with Crippen LogP contribution in [0.25, 0.3) is 11.3 Å². The summed E-state index contributed by atoms with van der Waals surface area (Å²) in [5, 5.41) is 15.9. The van der Waals surface area contributed by atoms with Crippen LogP contribution in [0.2, 0.25) is 0 Å². The minimum absolute atomic E-state index is 0.00292. The number of rotatable bonds is 7. The van der Waals surface area contributed by atoms with Crippen molar-refractivity contribution in [3.05, 3.63) is 63.5 Å². The molecule has 1 aliphatic rings. The molecule has 1 amide bonds. The maximum Gasteiger partial charge on any atom is 0.270 e. The molecule has 0 aliphatic carbocycles.